The van der Waals surface area contributed by atoms with Gasteiger partial charge in [0.2, 0.25) is 0 Å². The highest BCUT2D eigenvalue weighted by molar-refractivity contribution is 14.1. The molecule has 12 heteroatoms. The normalized spacial score (nSPS) is 11.2. The zero-order valence-electron chi connectivity index (χ0n) is 16.8. The van der Waals surface area contributed by atoms with Gasteiger partial charge in [0.25, 0.3) is 16.1 Å². The maximum atomic E-state index is 14.4. The van der Waals surface area contributed by atoms with Gasteiger partial charge >= 0.3 is 0 Å². The van der Waals surface area contributed by atoms with E-state index < -0.39 is 33.3 Å². The number of benzene rings is 3. The molecule has 0 aromatic heterocycles. The van der Waals surface area contributed by atoms with Gasteiger partial charge in [-0.25, -0.2) is 13.2 Å². The first-order chi connectivity index (χ1) is 15.7. The molecule has 0 aliphatic carbocycles. The molecule has 7 nitrogen and oxygen atoms in total. The van der Waals surface area contributed by atoms with E-state index in [1.54, 1.807) is 30.3 Å². The number of halogens is 4. The molecule has 0 bridgehead atoms. The third kappa shape index (κ3) is 6.82. The van der Waals surface area contributed by atoms with Gasteiger partial charge in [-0.15, -0.1) is 0 Å². The van der Waals surface area contributed by atoms with Gasteiger partial charge in [0.1, 0.15) is 11.5 Å². The van der Waals surface area contributed by atoms with Crippen LogP contribution in [0.2, 0.25) is 0 Å². The van der Waals surface area contributed by atoms with Crippen LogP contribution in [0.25, 0.3) is 0 Å². The van der Waals surface area contributed by atoms with Gasteiger partial charge in [0.05, 0.1) is 11.4 Å². The average molecular weight is 590 g/mol. The highest BCUT2D eigenvalue weighted by atomic mass is 127. The van der Waals surface area contributed by atoms with Gasteiger partial charge in [0, 0.05) is 22.2 Å². The Labute approximate surface area is 202 Å². The van der Waals surface area contributed by atoms with Gasteiger partial charge in [-0.05, 0) is 65.1 Å². The van der Waals surface area contributed by atoms with Gasteiger partial charge in [-0.1, -0.05) is 18.2 Å². The smallest absolute Gasteiger partial charge is 0.299 e. The number of carbonyl (C=O) groups excluding carboxylic acids is 1. The number of hydrogen-bond acceptors (Lipinski definition) is 4. The summed E-state index contributed by atoms with van der Waals surface area (Å²) in [6.45, 7) is -0.197. The van der Waals surface area contributed by atoms with Crippen molar-refractivity contribution in [3.05, 3.63) is 87.2 Å². The molecular formula is C21H18F3IN4O3S. The van der Waals surface area contributed by atoms with Crippen molar-refractivity contribution in [3.63, 3.8) is 0 Å². The molecule has 0 radical (unpaired) electrons. The van der Waals surface area contributed by atoms with Crippen LogP contribution in [0, 0.1) is 21.0 Å². The second-order valence-corrected chi connectivity index (χ2v) is 9.40. The standard InChI is InChI=1S/C21H18F3IN4O3S/c22-15-7-9-18(20(19(15)24)28-17-8-6-14(25)12-16(17)23)29-33(31,32)27-11-10-26-21(30)13-4-2-1-3-5-13/h1-9,12,27-29H,10-11H2,(H,26,30). The van der Waals surface area contributed by atoms with E-state index in [1.807, 2.05) is 22.6 Å². The fraction of sp³-hybridized carbons (Fsp3) is 0.0952. The van der Waals surface area contributed by atoms with Crippen molar-refractivity contribution in [2.45, 2.75) is 0 Å². The molecule has 0 saturated heterocycles. The Hall–Kier alpha value is -2.84. The zero-order valence-corrected chi connectivity index (χ0v) is 19.8. The lowest BCUT2D eigenvalue weighted by molar-refractivity contribution is 0.0954. The molecule has 0 aliphatic heterocycles. The molecule has 0 unspecified atom stereocenters. The van der Waals surface area contributed by atoms with Crippen LogP contribution in [0.4, 0.5) is 30.2 Å². The number of carbonyl (C=O) groups is 1. The summed E-state index contributed by atoms with van der Waals surface area (Å²) < 4.78 is 72.0. The molecule has 33 heavy (non-hydrogen) atoms. The lowest BCUT2D eigenvalue weighted by Gasteiger charge is -2.16. The van der Waals surface area contributed by atoms with E-state index in [9.17, 15) is 26.4 Å². The minimum absolute atomic E-state index is 0.0224. The van der Waals surface area contributed by atoms with E-state index in [2.05, 4.69) is 20.1 Å². The average Bonchev–Trinajstić information content (AvgIpc) is 2.78. The first kappa shape index (κ1) is 24.8. The van der Waals surface area contributed by atoms with Crippen LogP contribution in [0.1, 0.15) is 10.4 Å². The minimum Gasteiger partial charge on any atom is -0.351 e. The van der Waals surface area contributed by atoms with Crippen LogP contribution < -0.4 is 20.1 Å². The minimum atomic E-state index is -4.23. The van der Waals surface area contributed by atoms with Crippen molar-refractivity contribution in [1.29, 1.82) is 0 Å². The molecule has 0 spiro atoms. The largest absolute Gasteiger partial charge is 0.351 e. The fourth-order valence-corrected chi connectivity index (χ4v) is 4.07. The highest BCUT2D eigenvalue weighted by Crippen LogP contribution is 2.32. The van der Waals surface area contributed by atoms with E-state index >= 15 is 0 Å². The third-order valence-electron chi connectivity index (χ3n) is 4.27. The Morgan fingerprint density at radius 1 is 0.879 bits per heavy atom. The van der Waals surface area contributed by atoms with E-state index in [4.69, 9.17) is 0 Å². The monoisotopic (exact) mass is 590 g/mol. The molecule has 3 aromatic carbocycles. The number of rotatable bonds is 9. The number of nitrogens with one attached hydrogen (secondary N) is 4. The topological polar surface area (TPSA) is 99.3 Å². The molecule has 0 saturated carbocycles. The fourth-order valence-electron chi connectivity index (χ4n) is 2.72. The zero-order chi connectivity index (χ0) is 24.0. The number of amides is 1. The summed E-state index contributed by atoms with van der Waals surface area (Å²) in [6, 6.07) is 14.1. The van der Waals surface area contributed by atoms with Gasteiger partial charge in [-0.2, -0.15) is 13.1 Å². The second-order valence-electron chi connectivity index (χ2n) is 6.65. The van der Waals surface area contributed by atoms with Gasteiger partial charge in [-0.3, -0.25) is 9.52 Å². The van der Waals surface area contributed by atoms with Crippen LogP contribution in [-0.2, 0) is 10.2 Å². The number of hydrogen-bond donors (Lipinski definition) is 4. The molecule has 0 atom stereocenters. The molecule has 0 aliphatic rings. The first-order valence-electron chi connectivity index (χ1n) is 9.47. The maximum absolute atomic E-state index is 14.4. The molecule has 3 aromatic rings. The Morgan fingerprint density at radius 2 is 1.58 bits per heavy atom. The summed E-state index contributed by atoms with van der Waals surface area (Å²) in [4.78, 5) is 12.0. The maximum Gasteiger partial charge on any atom is 0.299 e. The van der Waals surface area contributed by atoms with Gasteiger partial charge < -0.3 is 10.6 Å². The highest BCUT2D eigenvalue weighted by Gasteiger charge is 2.19. The van der Waals surface area contributed by atoms with Crippen LogP contribution in [-0.4, -0.2) is 27.4 Å². The molecule has 1 amide bonds. The summed E-state index contributed by atoms with van der Waals surface area (Å²) in [5.74, 6) is -3.74. The quantitative estimate of drug-likeness (QED) is 0.223. The van der Waals surface area contributed by atoms with E-state index in [0.717, 1.165) is 12.1 Å². The summed E-state index contributed by atoms with van der Waals surface area (Å²) in [5.41, 5.74) is -0.679. The van der Waals surface area contributed by atoms with Crippen LogP contribution in [0.15, 0.2) is 60.7 Å². The third-order valence-corrected chi connectivity index (χ3v) is 6.01. The molecule has 4 N–H and O–H groups in total. The Bertz CT molecular complexity index is 1260. The van der Waals surface area contributed by atoms with Crippen molar-refractivity contribution in [3.8, 4) is 0 Å². The van der Waals surface area contributed by atoms with Crippen LogP contribution in [0.5, 0.6) is 0 Å². The molecule has 3 rings (SSSR count). The Morgan fingerprint density at radius 3 is 2.27 bits per heavy atom. The van der Waals surface area contributed by atoms with Crippen LogP contribution in [0.3, 0.4) is 0 Å². The first-order valence-corrected chi connectivity index (χ1v) is 12.0. The summed E-state index contributed by atoms with van der Waals surface area (Å²) in [6.07, 6.45) is 0. The summed E-state index contributed by atoms with van der Waals surface area (Å²) in [7, 11) is -4.23. The van der Waals surface area contributed by atoms with Crippen molar-refractivity contribution in [1.82, 2.24) is 10.0 Å². The molecule has 0 heterocycles. The Balaban J connectivity index is 1.67. The molecule has 0 fully saturated rings. The SMILES string of the molecule is O=C(NCCNS(=O)(=O)Nc1ccc(F)c(F)c1Nc1ccc(I)cc1F)c1ccccc1. The Kier molecular flexibility index (Phi) is 8.15. The molecule has 174 valence electrons. The van der Waals surface area contributed by atoms with E-state index in [1.165, 1.54) is 18.2 Å². The summed E-state index contributed by atoms with van der Waals surface area (Å²) in [5, 5.41) is 4.94. The molecular weight excluding hydrogens is 572 g/mol. The summed E-state index contributed by atoms with van der Waals surface area (Å²) >= 11 is 1.88. The van der Waals surface area contributed by atoms with Crippen molar-refractivity contribution in [2.75, 3.05) is 23.1 Å². The van der Waals surface area contributed by atoms with Crippen LogP contribution >= 0.6 is 22.6 Å². The number of anilines is 3. The second kappa shape index (κ2) is 10.9. The predicted octanol–water partition coefficient (Wildman–Crippen LogP) is 4.13. The lowest BCUT2D eigenvalue weighted by atomic mass is 10.2. The predicted molar refractivity (Wildman–Crippen MR) is 128 cm³/mol. The van der Waals surface area contributed by atoms with Gasteiger partial charge in [0.15, 0.2) is 11.6 Å². The van der Waals surface area contributed by atoms with E-state index in [-0.39, 0.29) is 30.4 Å². The van der Waals surface area contributed by atoms with Crippen molar-refractivity contribution < 1.29 is 26.4 Å². The lowest BCUT2D eigenvalue weighted by Crippen LogP contribution is -2.37. The van der Waals surface area contributed by atoms with Crippen molar-refractivity contribution >= 4 is 55.8 Å². The van der Waals surface area contributed by atoms with Crippen molar-refractivity contribution in [2.24, 2.45) is 0 Å². The van der Waals surface area contributed by atoms with E-state index in [0.29, 0.717) is 9.13 Å².